The number of amides is 1. The van der Waals surface area contributed by atoms with Gasteiger partial charge < -0.3 is 14.4 Å². The molecule has 4 rings (SSSR count). The number of fused-ring (bicyclic) bond motifs is 1. The van der Waals surface area contributed by atoms with Crippen LogP contribution < -0.4 is 9.47 Å². The second-order valence-electron chi connectivity index (χ2n) is 7.13. The summed E-state index contributed by atoms with van der Waals surface area (Å²) in [4.78, 5) is 15.3. The summed E-state index contributed by atoms with van der Waals surface area (Å²) in [5.41, 5.74) is 0.408. The molecule has 2 aromatic carbocycles. The molecule has 0 saturated carbocycles. The average Bonchev–Trinajstić information content (AvgIpc) is 2.82. The number of piperazine rings is 1. The van der Waals surface area contributed by atoms with E-state index >= 15 is 0 Å². The van der Waals surface area contributed by atoms with E-state index in [4.69, 9.17) is 9.47 Å². The van der Waals surface area contributed by atoms with Gasteiger partial charge in [0.05, 0.1) is 26.2 Å². The molecular weight excluding hydrogens is 440 g/mol. The number of ether oxygens (including phenoxy) is 2. The molecule has 1 fully saturated rings. The van der Waals surface area contributed by atoms with Gasteiger partial charge in [-0.05, 0) is 24.3 Å². The summed E-state index contributed by atoms with van der Waals surface area (Å²) >= 11 is 0. The number of carbonyl (C=O) groups excluding carboxylic acids is 1. The highest BCUT2D eigenvalue weighted by Crippen LogP contribution is 2.33. The molecule has 0 bridgehead atoms. The molecule has 8 nitrogen and oxygen atoms in total. The lowest BCUT2D eigenvalue weighted by Crippen LogP contribution is -2.50. The van der Waals surface area contributed by atoms with E-state index in [1.165, 1.54) is 16.4 Å². The van der Waals surface area contributed by atoms with Gasteiger partial charge in [-0.1, -0.05) is 19.1 Å². The summed E-state index contributed by atoms with van der Waals surface area (Å²) in [5.74, 6) is 1.14. The number of hydrogen-bond acceptors (Lipinski definition) is 6. The van der Waals surface area contributed by atoms with Crippen LogP contribution in [0.1, 0.15) is 17.3 Å². The van der Waals surface area contributed by atoms with Gasteiger partial charge >= 0.3 is 0 Å². The second kappa shape index (κ2) is 8.97. The van der Waals surface area contributed by atoms with Crippen molar-refractivity contribution in [2.45, 2.75) is 16.7 Å². The van der Waals surface area contributed by atoms with Gasteiger partial charge in [-0.25, -0.2) is 8.42 Å². The predicted octanol–water partition coefficient (Wildman–Crippen LogP) is 1.73. The molecular formula is C21H24N2O6S2. The zero-order valence-corrected chi connectivity index (χ0v) is 18.8. The van der Waals surface area contributed by atoms with Crippen molar-refractivity contribution in [3.05, 3.63) is 48.0 Å². The first kappa shape index (κ1) is 21.8. The fourth-order valence-electron chi connectivity index (χ4n) is 3.63. The quantitative estimate of drug-likeness (QED) is 0.669. The molecule has 0 unspecified atom stereocenters. The van der Waals surface area contributed by atoms with Crippen molar-refractivity contribution in [3.8, 4) is 11.5 Å². The molecule has 0 N–H and O–H groups in total. The maximum atomic E-state index is 13.1. The Balaban J connectivity index is 1.47. The summed E-state index contributed by atoms with van der Waals surface area (Å²) in [6.45, 7) is 3.50. The number of carbonyl (C=O) groups is 1. The van der Waals surface area contributed by atoms with Gasteiger partial charge in [0.1, 0.15) is 13.2 Å². The smallest absolute Gasteiger partial charge is 0.255 e. The van der Waals surface area contributed by atoms with E-state index in [1.54, 1.807) is 42.2 Å². The van der Waals surface area contributed by atoms with Gasteiger partial charge in [-0.15, -0.1) is 0 Å². The highest BCUT2D eigenvalue weighted by Gasteiger charge is 2.32. The molecule has 0 spiro atoms. The number of sulfonamides is 1. The maximum Gasteiger partial charge on any atom is 0.255 e. The van der Waals surface area contributed by atoms with Crippen molar-refractivity contribution in [2.24, 2.45) is 0 Å². The summed E-state index contributed by atoms with van der Waals surface area (Å²) < 4.78 is 50.8. The van der Waals surface area contributed by atoms with E-state index in [9.17, 15) is 17.4 Å². The first-order chi connectivity index (χ1) is 14.9. The van der Waals surface area contributed by atoms with Gasteiger partial charge in [0.15, 0.2) is 11.5 Å². The lowest BCUT2D eigenvalue weighted by molar-refractivity contribution is 0.0694. The Hall–Kier alpha value is -2.43. The number of hydrogen-bond donors (Lipinski definition) is 0. The highest BCUT2D eigenvalue weighted by atomic mass is 32.2. The lowest BCUT2D eigenvalue weighted by Gasteiger charge is -2.34. The Bertz CT molecular complexity index is 1110. The molecule has 166 valence electrons. The monoisotopic (exact) mass is 464 g/mol. The standard InChI is InChI=1S/C21H24N2O6S2/c1-2-30(25)20-6-4-3-5-17(20)21(24)22-9-11-23(12-10-22)31(26,27)16-7-8-18-19(15-16)29-14-13-28-18/h3-8,15H,2,9-14H2,1H3/t30-/m0/s1. The van der Waals surface area contributed by atoms with E-state index in [1.807, 2.05) is 0 Å². The van der Waals surface area contributed by atoms with Crippen LogP contribution in [0.2, 0.25) is 0 Å². The first-order valence-corrected chi connectivity index (χ1v) is 12.8. The van der Waals surface area contributed by atoms with Crippen molar-refractivity contribution < 1.29 is 26.9 Å². The molecule has 2 aromatic rings. The van der Waals surface area contributed by atoms with E-state index < -0.39 is 20.8 Å². The topological polar surface area (TPSA) is 93.2 Å². The lowest BCUT2D eigenvalue weighted by atomic mass is 10.2. The molecule has 2 aliphatic rings. The van der Waals surface area contributed by atoms with Crippen LogP contribution in [0.5, 0.6) is 11.5 Å². The summed E-state index contributed by atoms with van der Waals surface area (Å²) in [5, 5.41) is 0. The summed E-state index contributed by atoms with van der Waals surface area (Å²) in [7, 11) is -4.97. The largest absolute Gasteiger partial charge is 0.486 e. The molecule has 1 amide bonds. The highest BCUT2D eigenvalue weighted by molar-refractivity contribution is 7.89. The zero-order valence-electron chi connectivity index (χ0n) is 17.2. The van der Waals surface area contributed by atoms with Crippen LogP contribution >= 0.6 is 0 Å². The van der Waals surface area contributed by atoms with Crippen LogP contribution in [0.15, 0.2) is 52.3 Å². The van der Waals surface area contributed by atoms with Crippen LogP contribution in [-0.4, -0.2) is 72.9 Å². The Labute approximate surface area is 184 Å². The molecule has 2 aliphatic heterocycles. The normalized spacial score (nSPS) is 17.9. The van der Waals surface area contributed by atoms with E-state index in [2.05, 4.69) is 0 Å². The molecule has 1 atom stereocenters. The van der Waals surface area contributed by atoms with Gasteiger partial charge in [0.25, 0.3) is 5.91 Å². The average molecular weight is 465 g/mol. The van der Waals surface area contributed by atoms with Crippen LogP contribution in [0.3, 0.4) is 0 Å². The van der Waals surface area contributed by atoms with E-state index in [-0.39, 0.29) is 37.0 Å². The van der Waals surface area contributed by atoms with Crippen molar-refractivity contribution >= 4 is 26.7 Å². The SMILES string of the molecule is CC[S@](=O)c1ccccc1C(=O)N1CCN(S(=O)(=O)c2ccc3c(c2)OCCO3)CC1. The van der Waals surface area contributed by atoms with Gasteiger partial charge in [-0.2, -0.15) is 4.31 Å². The summed E-state index contributed by atoms with van der Waals surface area (Å²) in [6.07, 6.45) is 0. The Morgan fingerprint density at radius 3 is 2.39 bits per heavy atom. The summed E-state index contributed by atoms with van der Waals surface area (Å²) in [6, 6.07) is 11.5. The minimum absolute atomic E-state index is 0.139. The Kier molecular flexibility index (Phi) is 6.31. The van der Waals surface area contributed by atoms with Crippen LogP contribution in [-0.2, 0) is 20.8 Å². The molecule has 2 heterocycles. The third-order valence-corrected chi connectivity index (χ3v) is 8.57. The van der Waals surface area contributed by atoms with Gasteiger partial charge in [-0.3, -0.25) is 9.00 Å². The zero-order chi connectivity index (χ0) is 22.0. The Morgan fingerprint density at radius 1 is 1.00 bits per heavy atom. The van der Waals surface area contributed by atoms with Crippen molar-refractivity contribution in [3.63, 3.8) is 0 Å². The molecule has 0 aromatic heterocycles. The van der Waals surface area contributed by atoms with Crippen molar-refractivity contribution in [1.29, 1.82) is 0 Å². The number of nitrogens with zero attached hydrogens (tertiary/aromatic N) is 2. The molecule has 31 heavy (non-hydrogen) atoms. The third kappa shape index (κ3) is 4.32. The first-order valence-electron chi connectivity index (χ1n) is 10.1. The minimum atomic E-state index is -3.72. The minimum Gasteiger partial charge on any atom is -0.486 e. The number of rotatable bonds is 5. The van der Waals surface area contributed by atoms with Gasteiger partial charge in [0.2, 0.25) is 10.0 Å². The molecule has 0 aliphatic carbocycles. The molecule has 10 heteroatoms. The maximum absolute atomic E-state index is 13.1. The van der Waals surface area contributed by atoms with Gasteiger partial charge in [0, 0.05) is 38.0 Å². The Morgan fingerprint density at radius 2 is 1.68 bits per heavy atom. The third-order valence-electron chi connectivity index (χ3n) is 5.30. The number of benzene rings is 2. The van der Waals surface area contributed by atoms with Crippen molar-refractivity contribution in [1.82, 2.24) is 9.21 Å². The van der Waals surface area contributed by atoms with E-state index in [0.29, 0.717) is 40.9 Å². The predicted molar refractivity (Wildman–Crippen MR) is 115 cm³/mol. The molecule has 0 radical (unpaired) electrons. The fourth-order valence-corrected chi connectivity index (χ4v) is 6.01. The van der Waals surface area contributed by atoms with Crippen LogP contribution in [0.4, 0.5) is 0 Å². The van der Waals surface area contributed by atoms with Crippen LogP contribution in [0, 0.1) is 0 Å². The van der Waals surface area contributed by atoms with E-state index in [0.717, 1.165) is 0 Å². The van der Waals surface area contributed by atoms with Crippen LogP contribution in [0.25, 0.3) is 0 Å². The molecule has 1 saturated heterocycles. The van der Waals surface area contributed by atoms with Crippen molar-refractivity contribution in [2.75, 3.05) is 45.1 Å². The second-order valence-corrected chi connectivity index (χ2v) is 10.8. The fraction of sp³-hybridized carbons (Fsp3) is 0.381.